The van der Waals surface area contributed by atoms with E-state index in [2.05, 4.69) is 13.8 Å². The summed E-state index contributed by atoms with van der Waals surface area (Å²) in [5.41, 5.74) is -0.327. The minimum absolute atomic E-state index is 0.144. The van der Waals surface area contributed by atoms with Crippen molar-refractivity contribution in [1.82, 2.24) is 4.90 Å². The predicted octanol–water partition coefficient (Wildman–Crippen LogP) is 2.29. The zero-order valence-electron chi connectivity index (χ0n) is 11.9. The van der Waals surface area contributed by atoms with Gasteiger partial charge in [-0.2, -0.15) is 0 Å². The van der Waals surface area contributed by atoms with Crippen LogP contribution in [-0.4, -0.2) is 35.6 Å². The molecule has 1 N–H and O–H groups in total. The summed E-state index contributed by atoms with van der Waals surface area (Å²) in [5.74, 6) is 1.08. The van der Waals surface area contributed by atoms with Crippen molar-refractivity contribution in [3.63, 3.8) is 0 Å². The lowest BCUT2D eigenvalue weighted by Crippen LogP contribution is -2.43. The van der Waals surface area contributed by atoms with E-state index in [-0.39, 0.29) is 17.4 Å². The first-order chi connectivity index (χ1) is 7.74. The Morgan fingerprint density at radius 3 is 2.35 bits per heavy atom. The Kier molecular flexibility index (Phi) is 4.59. The molecule has 100 valence electrons. The van der Waals surface area contributed by atoms with Crippen LogP contribution in [0.1, 0.15) is 47.0 Å². The Hall–Kier alpha value is -0.570. The summed E-state index contributed by atoms with van der Waals surface area (Å²) in [4.78, 5) is 14.0. The fourth-order valence-electron chi connectivity index (χ4n) is 2.62. The van der Waals surface area contributed by atoms with Gasteiger partial charge in [0.2, 0.25) is 5.91 Å². The lowest BCUT2D eigenvalue weighted by atomic mass is 9.82. The van der Waals surface area contributed by atoms with Gasteiger partial charge in [-0.25, -0.2) is 0 Å². The summed E-state index contributed by atoms with van der Waals surface area (Å²) < 4.78 is 0. The first kappa shape index (κ1) is 14.5. The van der Waals surface area contributed by atoms with E-state index in [0.717, 1.165) is 19.3 Å². The van der Waals surface area contributed by atoms with Crippen LogP contribution in [0.5, 0.6) is 0 Å². The molecule has 0 radical (unpaired) electrons. The Labute approximate surface area is 105 Å². The van der Waals surface area contributed by atoms with Gasteiger partial charge in [-0.05, 0) is 31.1 Å². The van der Waals surface area contributed by atoms with Gasteiger partial charge in [-0.1, -0.05) is 27.7 Å². The van der Waals surface area contributed by atoms with Gasteiger partial charge < -0.3 is 10.0 Å². The first-order valence-electron chi connectivity index (χ1n) is 6.67. The maximum atomic E-state index is 12.3. The third-order valence-corrected chi connectivity index (χ3v) is 3.47. The molecule has 17 heavy (non-hydrogen) atoms. The maximum Gasteiger partial charge on any atom is 0.228 e. The van der Waals surface area contributed by atoms with Crippen molar-refractivity contribution in [2.24, 2.45) is 17.3 Å². The van der Waals surface area contributed by atoms with Gasteiger partial charge in [0, 0.05) is 19.0 Å². The highest BCUT2D eigenvalue weighted by molar-refractivity contribution is 5.81. The highest BCUT2D eigenvalue weighted by atomic mass is 16.3. The molecule has 1 saturated carbocycles. The molecular weight excluding hydrogens is 214 g/mol. The molecule has 0 spiro atoms. The SMILES string of the molecule is CC(C)CC(C)(C)C(=O)N(C)CC(O)C1CC1. The summed E-state index contributed by atoms with van der Waals surface area (Å²) >= 11 is 0. The minimum Gasteiger partial charge on any atom is -0.391 e. The molecule has 0 bridgehead atoms. The molecule has 1 aliphatic rings. The van der Waals surface area contributed by atoms with Gasteiger partial charge >= 0.3 is 0 Å². The number of rotatable bonds is 6. The van der Waals surface area contributed by atoms with Crippen LogP contribution in [-0.2, 0) is 4.79 Å². The average molecular weight is 241 g/mol. The average Bonchev–Trinajstić information content (AvgIpc) is 2.97. The standard InChI is InChI=1S/C14H27NO2/c1-10(2)8-14(3,4)13(17)15(5)9-12(16)11-6-7-11/h10-12,16H,6-9H2,1-5H3. The number of amides is 1. The van der Waals surface area contributed by atoms with E-state index in [9.17, 15) is 9.90 Å². The van der Waals surface area contributed by atoms with Gasteiger partial charge in [0.25, 0.3) is 0 Å². The van der Waals surface area contributed by atoms with Gasteiger partial charge in [0.05, 0.1) is 6.10 Å². The molecule has 0 saturated heterocycles. The number of aliphatic hydroxyl groups excluding tert-OH is 1. The van der Waals surface area contributed by atoms with Crippen molar-refractivity contribution < 1.29 is 9.90 Å². The van der Waals surface area contributed by atoms with Gasteiger partial charge in [-0.15, -0.1) is 0 Å². The first-order valence-corrected chi connectivity index (χ1v) is 6.67. The van der Waals surface area contributed by atoms with Crippen molar-refractivity contribution >= 4 is 5.91 Å². The topological polar surface area (TPSA) is 40.5 Å². The van der Waals surface area contributed by atoms with E-state index >= 15 is 0 Å². The zero-order chi connectivity index (χ0) is 13.2. The van der Waals surface area contributed by atoms with Crippen LogP contribution in [0.2, 0.25) is 0 Å². The number of nitrogens with zero attached hydrogens (tertiary/aromatic N) is 1. The van der Waals surface area contributed by atoms with E-state index in [4.69, 9.17) is 0 Å². The summed E-state index contributed by atoms with van der Waals surface area (Å²) in [6.45, 7) is 8.73. The molecule has 0 aliphatic heterocycles. The lowest BCUT2D eigenvalue weighted by molar-refractivity contribution is -0.141. The van der Waals surface area contributed by atoms with Crippen LogP contribution in [0.4, 0.5) is 0 Å². The molecule has 1 unspecified atom stereocenters. The normalized spacial score (nSPS) is 18.3. The van der Waals surface area contributed by atoms with E-state index in [0.29, 0.717) is 18.4 Å². The van der Waals surface area contributed by atoms with Gasteiger partial charge in [0.1, 0.15) is 0 Å². The van der Waals surface area contributed by atoms with Gasteiger partial charge in [-0.3, -0.25) is 4.79 Å². The molecule has 0 aromatic heterocycles. The number of hydrogen-bond donors (Lipinski definition) is 1. The number of carbonyl (C=O) groups excluding carboxylic acids is 1. The lowest BCUT2D eigenvalue weighted by Gasteiger charge is -2.31. The van der Waals surface area contributed by atoms with E-state index < -0.39 is 0 Å². The smallest absolute Gasteiger partial charge is 0.228 e. The molecule has 0 aromatic carbocycles. The summed E-state index contributed by atoms with van der Waals surface area (Å²) in [6.07, 6.45) is 2.77. The van der Waals surface area contributed by atoms with E-state index in [1.165, 1.54) is 0 Å². The number of likely N-dealkylation sites (N-methyl/N-ethyl adjacent to an activating group) is 1. The largest absolute Gasteiger partial charge is 0.391 e. The maximum absolute atomic E-state index is 12.3. The van der Waals surface area contributed by atoms with Crippen LogP contribution in [0, 0.1) is 17.3 Å². The molecule has 0 heterocycles. The zero-order valence-corrected chi connectivity index (χ0v) is 11.9. The second-order valence-electron chi connectivity index (χ2n) is 6.57. The van der Waals surface area contributed by atoms with Gasteiger partial charge in [0.15, 0.2) is 0 Å². The molecule has 1 aliphatic carbocycles. The highest BCUT2D eigenvalue weighted by Crippen LogP contribution is 2.33. The Bertz CT molecular complexity index is 269. The summed E-state index contributed by atoms with van der Waals surface area (Å²) in [7, 11) is 1.80. The summed E-state index contributed by atoms with van der Waals surface area (Å²) in [6, 6.07) is 0. The monoisotopic (exact) mass is 241 g/mol. The predicted molar refractivity (Wildman–Crippen MR) is 69.6 cm³/mol. The molecule has 1 atom stereocenters. The number of aliphatic hydroxyl groups is 1. The van der Waals surface area contributed by atoms with Crippen molar-refractivity contribution in [2.75, 3.05) is 13.6 Å². The van der Waals surface area contributed by atoms with E-state index in [1.807, 2.05) is 13.8 Å². The highest BCUT2D eigenvalue weighted by Gasteiger charge is 2.35. The molecule has 3 nitrogen and oxygen atoms in total. The van der Waals surface area contributed by atoms with E-state index in [1.54, 1.807) is 11.9 Å². The third kappa shape index (κ3) is 4.30. The molecule has 0 aromatic rings. The number of hydrogen-bond acceptors (Lipinski definition) is 2. The van der Waals surface area contributed by atoms with Crippen LogP contribution >= 0.6 is 0 Å². The van der Waals surface area contributed by atoms with Crippen molar-refractivity contribution in [2.45, 2.75) is 53.1 Å². The van der Waals surface area contributed by atoms with Crippen molar-refractivity contribution in [3.8, 4) is 0 Å². The molecule has 1 rings (SSSR count). The summed E-state index contributed by atoms with van der Waals surface area (Å²) in [5, 5.41) is 9.86. The van der Waals surface area contributed by atoms with Crippen molar-refractivity contribution in [1.29, 1.82) is 0 Å². The molecule has 1 fully saturated rings. The van der Waals surface area contributed by atoms with Crippen LogP contribution in [0.15, 0.2) is 0 Å². The van der Waals surface area contributed by atoms with Crippen LogP contribution < -0.4 is 0 Å². The fraction of sp³-hybridized carbons (Fsp3) is 0.929. The second kappa shape index (κ2) is 5.38. The Balaban J connectivity index is 2.49. The third-order valence-electron chi connectivity index (χ3n) is 3.47. The molecular formula is C14H27NO2. The Morgan fingerprint density at radius 1 is 1.41 bits per heavy atom. The van der Waals surface area contributed by atoms with Crippen LogP contribution in [0.25, 0.3) is 0 Å². The fourth-order valence-corrected chi connectivity index (χ4v) is 2.62. The molecule has 3 heteroatoms. The number of carbonyl (C=O) groups is 1. The minimum atomic E-state index is -0.334. The Morgan fingerprint density at radius 2 is 1.94 bits per heavy atom. The van der Waals surface area contributed by atoms with Crippen LogP contribution in [0.3, 0.4) is 0 Å². The molecule has 1 amide bonds. The van der Waals surface area contributed by atoms with Crippen molar-refractivity contribution in [3.05, 3.63) is 0 Å². The second-order valence-corrected chi connectivity index (χ2v) is 6.57. The quantitative estimate of drug-likeness (QED) is 0.775.